The van der Waals surface area contributed by atoms with Gasteiger partial charge in [0.15, 0.2) is 0 Å². The van der Waals surface area contributed by atoms with Gasteiger partial charge in [-0.05, 0) is 32.5 Å². The van der Waals surface area contributed by atoms with Gasteiger partial charge in [0, 0.05) is 41.2 Å². The zero-order valence-electron chi connectivity index (χ0n) is 11.3. The summed E-state index contributed by atoms with van der Waals surface area (Å²) in [6.07, 6.45) is 6.07. The normalized spacial score (nSPS) is 12.8. The van der Waals surface area contributed by atoms with Crippen molar-refractivity contribution in [3.63, 3.8) is 0 Å². The molecule has 3 nitrogen and oxygen atoms in total. The lowest BCUT2D eigenvalue weighted by molar-refractivity contribution is 0.549. The fraction of sp³-hybridized carbons (Fsp3) is 0.500. The topological polar surface area (TPSA) is 29.9 Å². The second-order valence-corrected chi connectivity index (χ2v) is 5.85. The SMILES string of the molecule is CCCn1ccnc1CC(NC)c1ccc(C)s1. The molecule has 4 heteroatoms. The first-order valence-corrected chi connectivity index (χ1v) is 7.29. The lowest BCUT2D eigenvalue weighted by Crippen LogP contribution is -2.20. The van der Waals surface area contributed by atoms with Gasteiger partial charge in [-0.2, -0.15) is 0 Å². The third-order valence-electron chi connectivity index (χ3n) is 3.11. The molecule has 0 saturated carbocycles. The standard InChI is InChI=1S/C14H21N3S/c1-4-8-17-9-7-16-14(17)10-12(15-3)13-6-5-11(2)18-13/h5-7,9,12,15H,4,8,10H2,1-3H3. The van der Waals surface area contributed by atoms with Gasteiger partial charge in [-0.3, -0.25) is 0 Å². The summed E-state index contributed by atoms with van der Waals surface area (Å²) >= 11 is 1.86. The van der Waals surface area contributed by atoms with Crippen LogP contribution in [0.5, 0.6) is 0 Å². The molecule has 0 aliphatic carbocycles. The Kier molecular flexibility index (Phi) is 4.55. The maximum absolute atomic E-state index is 4.48. The Balaban J connectivity index is 2.12. The van der Waals surface area contributed by atoms with Crippen molar-refractivity contribution in [2.45, 2.75) is 39.3 Å². The molecule has 0 saturated heterocycles. The van der Waals surface area contributed by atoms with E-state index in [4.69, 9.17) is 0 Å². The molecule has 0 bridgehead atoms. The van der Waals surface area contributed by atoms with E-state index >= 15 is 0 Å². The summed E-state index contributed by atoms with van der Waals surface area (Å²) in [5, 5.41) is 3.40. The predicted octanol–water partition coefficient (Wildman–Crippen LogP) is 3.17. The maximum Gasteiger partial charge on any atom is 0.110 e. The molecule has 2 heterocycles. The van der Waals surface area contributed by atoms with Gasteiger partial charge in [-0.15, -0.1) is 11.3 Å². The van der Waals surface area contributed by atoms with Crippen molar-refractivity contribution in [3.8, 4) is 0 Å². The number of imidazole rings is 1. The Morgan fingerprint density at radius 1 is 1.44 bits per heavy atom. The molecule has 0 spiro atoms. The van der Waals surface area contributed by atoms with Gasteiger partial charge in [0.1, 0.15) is 5.82 Å². The molecule has 2 rings (SSSR count). The van der Waals surface area contributed by atoms with Crippen LogP contribution in [0.2, 0.25) is 0 Å². The number of hydrogen-bond acceptors (Lipinski definition) is 3. The van der Waals surface area contributed by atoms with Crippen molar-refractivity contribution >= 4 is 11.3 Å². The minimum absolute atomic E-state index is 0.363. The Labute approximate surface area is 113 Å². The fourth-order valence-corrected chi connectivity index (χ4v) is 3.13. The van der Waals surface area contributed by atoms with Crippen molar-refractivity contribution in [2.24, 2.45) is 0 Å². The lowest BCUT2D eigenvalue weighted by atomic mass is 10.1. The summed E-state index contributed by atoms with van der Waals surface area (Å²) in [5.41, 5.74) is 0. The maximum atomic E-state index is 4.48. The van der Waals surface area contributed by atoms with Crippen LogP contribution in [-0.4, -0.2) is 16.6 Å². The molecule has 1 unspecified atom stereocenters. The van der Waals surface area contributed by atoms with Gasteiger partial charge in [0.05, 0.1) is 0 Å². The Hall–Kier alpha value is -1.13. The van der Waals surface area contributed by atoms with E-state index in [2.05, 4.69) is 47.0 Å². The molecule has 0 aromatic carbocycles. The van der Waals surface area contributed by atoms with E-state index < -0.39 is 0 Å². The molecule has 18 heavy (non-hydrogen) atoms. The highest BCUT2D eigenvalue weighted by Gasteiger charge is 2.14. The summed E-state index contributed by atoms with van der Waals surface area (Å²) in [6, 6.07) is 4.76. The average Bonchev–Trinajstić information content (AvgIpc) is 2.96. The number of rotatable bonds is 6. The van der Waals surface area contributed by atoms with E-state index in [1.165, 1.54) is 15.6 Å². The van der Waals surface area contributed by atoms with E-state index in [0.29, 0.717) is 6.04 Å². The Bertz CT molecular complexity index is 487. The van der Waals surface area contributed by atoms with Crippen molar-refractivity contribution in [3.05, 3.63) is 40.1 Å². The molecule has 0 aliphatic heterocycles. The summed E-state index contributed by atoms with van der Waals surface area (Å²) in [7, 11) is 2.02. The molecule has 0 fully saturated rings. The molecule has 0 amide bonds. The van der Waals surface area contributed by atoms with Crippen molar-refractivity contribution in [1.29, 1.82) is 0 Å². The summed E-state index contributed by atoms with van der Waals surface area (Å²) in [6.45, 7) is 5.40. The molecule has 98 valence electrons. The van der Waals surface area contributed by atoms with Gasteiger partial charge >= 0.3 is 0 Å². The number of likely N-dealkylation sites (N-methyl/N-ethyl adjacent to an activating group) is 1. The van der Waals surface area contributed by atoms with E-state index in [1.807, 2.05) is 24.6 Å². The first kappa shape index (κ1) is 13.3. The van der Waals surface area contributed by atoms with E-state index in [-0.39, 0.29) is 0 Å². The fourth-order valence-electron chi connectivity index (χ4n) is 2.14. The Morgan fingerprint density at radius 2 is 2.28 bits per heavy atom. The van der Waals surface area contributed by atoms with Crippen LogP contribution in [0.3, 0.4) is 0 Å². The van der Waals surface area contributed by atoms with Crippen molar-refractivity contribution < 1.29 is 0 Å². The molecule has 0 aliphatic rings. The van der Waals surface area contributed by atoms with Gasteiger partial charge in [-0.1, -0.05) is 6.92 Å². The highest BCUT2D eigenvalue weighted by molar-refractivity contribution is 7.12. The van der Waals surface area contributed by atoms with Crippen LogP contribution in [0.4, 0.5) is 0 Å². The van der Waals surface area contributed by atoms with Crippen LogP contribution in [0.15, 0.2) is 24.5 Å². The smallest absolute Gasteiger partial charge is 0.110 e. The van der Waals surface area contributed by atoms with Crippen LogP contribution >= 0.6 is 11.3 Å². The largest absolute Gasteiger partial charge is 0.335 e. The Morgan fingerprint density at radius 3 is 2.89 bits per heavy atom. The zero-order valence-corrected chi connectivity index (χ0v) is 12.1. The number of nitrogens with zero attached hydrogens (tertiary/aromatic N) is 2. The average molecular weight is 263 g/mol. The summed E-state index contributed by atoms with van der Waals surface area (Å²) in [5.74, 6) is 1.17. The molecule has 0 radical (unpaired) electrons. The minimum atomic E-state index is 0.363. The van der Waals surface area contributed by atoms with Crippen LogP contribution < -0.4 is 5.32 Å². The number of nitrogens with one attached hydrogen (secondary N) is 1. The van der Waals surface area contributed by atoms with Gasteiger partial charge in [0.2, 0.25) is 0 Å². The highest BCUT2D eigenvalue weighted by atomic mass is 32.1. The summed E-state index contributed by atoms with van der Waals surface area (Å²) in [4.78, 5) is 7.24. The second-order valence-electron chi connectivity index (χ2n) is 4.53. The van der Waals surface area contributed by atoms with Gasteiger partial charge in [-0.25, -0.2) is 4.98 Å². The van der Waals surface area contributed by atoms with Crippen molar-refractivity contribution in [2.75, 3.05) is 7.05 Å². The lowest BCUT2D eigenvalue weighted by Gasteiger charge is -2.15. The quantitative estimate of drug-likeness (QED) is 0.867. The molecular weight excluding hydrogens is 242 g/mol. The van der Waals surface area contributed by atoms with Gasteiger partial charge in [0.25, 0.3) is 0 Å². The van der Waals surface area contributed by atoms with E-state index in [9.17, 15) is 0 Å². The van der Waals surface area contributed by atoms with Gasteiger partial charge < -0.3 is 9.88 Å². The second kappa shape index (κ2) is 6.16. The number of aromatic nitrogens is 2. The number of thiophene rings is 1. The third kappa shape index (κ3) is 3.00. The van der Waals surface area contributed by atoms with Crippen LogP contribution in [-0.2, 0) is 13.0 Å². The molecule has 1 N–H and O–H groups in total. The molecule has 2 aromatic rings. The predicted molar refractivity (Wildman–Crippen MR) is 77.1 cm³/mol. The zero-order chi connectivity index (χ0) is 13.0. The van der Waals surface area contributed by atoms with Crippen LogP contribution in [0.1, 0.15) is 35.0 Å². The number of aryl methyl sites for hydroxylation is 2. The first-order valence-electron chi connectivity index (χ1n) is 6.48. The molecular formula is C14H21N3S. The monoisotopic (exact) mass is 263 g/mol. The van der Waals surface area contributed by atoms with E-state index in [1.54, 1.807) is 0 Å². The van der Waals surface area contributed by atoms with Crippen LogP contribution in [0, 0.1) is 6.92 Å². The third-order valence-corrected chi connectivity index (χ3v) is 4.22. The molecule has 1 atom stereocenters. The summed E-state index contributed by atoms with van der Waals surface area (Å²) < 4.78 is 2.25. The van der Waals surface area contributed by atoms with Crippen LogP contribution in [0.25, 0.3) is 0 Å². The highest BCUT2D eigenvalue weighted by Crippen LogP contribution is 2.25. The van der Waals surface area contributed by atoms with E-state index in [0.717, 1.165) is 19.4 Å². The van der Waals surface area contributed by atoms with Crippen molar-refractivity contribution in [1.82, 2.24) is 14.9 Å². The minimum Gasteiger partial charge on any atom is -0.335 e. The number of hydrogen-bond donors (Lipinski definition) is 1. The first-order chi connectivity index (χ1) is 8.74. The molecule has 2 aromatic heterocycles.